The van der Waals surface area contributed by atoms with Gasteiger partial charge in [-0.25, -0.2) is 4.79 Å². The lowest BCUT2D eigenvalue weighted by atomic mass is 9.78. The predicted octanol–water partition coefficient (Wildman–Crippen LogP) is 9.81. The lowest BCUT2D eigenvalue weighted by Crippen LogP contribution is -2.18. The quantitative estimate of drug-likeness (QED) is 0.296. The van der Waals surface area contributed by atoms with Gasteiger partial charge in [0.05, 0.1) is 6.61 Å². The number of ether oxygens (including phenoxy) is 1. The predicted molar refractivity (Wildman–Crippen MR) is 150 cm³/mol. The molecule has 1 aliphatic rings. The highest BCUT2D eigenvalue weighted by Crippen LogP contribution is 2.48. The van der Waals surface area contributed by atoms with Crippen molar-refractivity contribution < 1.29 is 22.3 Å². The summed E-state index contributed by atoms with van der Waals surface area (Å²) in [7, 11) is 1.61. The standard InChI is InChI=1S/C12H12O3.C11H22.C6H7F3.C2H6/c1-8-3-4-10-9(7-14-2)6-12(13)15-11(10)5-8;1-10(2,3)9-6-7-11(4,5)8-9;1-3-4-5(2)6(7,8)9;1-2/h3-6H,7H2,1-2H3;9H,6-8H2,1-5H3;3-4H,2H2,1H3;1-2H3/b;;4-3+;. The van der Waals surface area contributed by atoms with E-state index >= 15 is 0 Å². The molecule has 1 saturated carbocycles. The first-order chi connectivity index (χ1) is 17.0. The Hall–Kier alpha value is -2.34. The summed E-state index contributed by atoms with van der Waals surface area (Å²) in [4.78, 5) is 11.3. The summed E-state index contributed by atoms with van der Waals surface area (Å²) in [6, 6.07) is 7.26. The molecule has 1 atom stereocenters. The number of hydrogen-bond donors (Lipinski definition) is 0. The van der Waals surface area contributed by atoms with E-state index in [1.807, 2.05) is 39.0 Å². The van der Waals surface area contributed by atoms with E-state index in [-0.39, 0.29) is 5.63 Å². The van der Waals surface area contributed by atoms with Gasteiger partial charge in [0.15, 0.2) is 0 Å². The second-order valence-electron chi connectivity index (χ2n) is 11.0. The molecule has 0 N–H and O–H groups in total. The topological polar surface area (TPSA) is 39.4 Å². The molecule has 1 aliphatic carbocycles. The van der Waals surface area contributed by atoms with E-state index in [0.717, 1.165) is 28.5 Å². The maximum Gasteiger partial charge on any atom is 0.415 e. The fourth-order valence-electron chi connectivity index (χ4n) is 4.08. The fraction of sp³-hybridized carbons (Fsp3) is 0.581. The first-order valence-corrected chi connectivity index (χ1v) is 12.9. The third-order valence-corrected chi connectivity index (χ3v) is 6.21. The Kier molecular flexibility index (Phi) is 14.2. The van der Waals surface area contributed by atoms with E-state index in [2.05, 4.69) is 41.2 Å². The van der Waals surface area contributed by atoms with Crippen LogP contribution < -0.4 is 5.63 Å². The Morgan fingerprint density at radius 2 is 1.78 bits per heavy atom. The molecular weight excluding hydrogens is 477 g/mol. The van der Waals surface area contributed by atoms with Gasteiger partial charge in [-0.05, 0) is 67.1 Å². The average Bonchev–Trinajstić information content (AvgIpc) is 3.16. The van der Waals surface area contributed by atoms with Gasteiger partial charge in [-0.15, -0.1) is 0 Å². The number of hydrogen-bond acceptors (Lipinski definition) is 3. The van der Waals surface area contributed by atoms with E-state index in [1.54, 1.807) is 7.11 Å². The molecule has 1 unspecified atom stereocenters. The van der Waals surface area contributed by atoms with Crippen molar-refractivity contribution in [1.82, 2.24) is 0 Å². The van der Waals surface area contributed by atoms with Crippen LogP contribution in [0, 0.1) is 23.7 Å². The maximum absolute atomic E-state index is 11.5. The van der Waals surface area contributed by atoms with Gasteiger partial charge >= 0.3 is 11.8 Å². The van der Waals surface area contributed by atoms with E-state index in [9.17, 15) is 18.0 Å². The molecule has 0 bridgehead atoms. The molecule has 0 aliphatic heterocycles. The molecule has 0 amide bonds. The van der Waals surface area contributed by atoms with Crippen LogP contribution in [-0.4, -0.2) is 13.3 Å². The largest absolute Gasteiger partial charge is 0.423 e. The lowest BCUT2D eigenvalue weighted by molar-refractivity contribution is -0.0878. The minimum atomic E-state index is -4.27. The highest BCUT2D eigenvalue weighted by molar-refractivity contribution is 5.80. The second kappa shape index (κ2) is 15.2. The van der Waals surface area contributed by atoms with Crippen molar-refractivity contribution in [2.24, 2.45) is 16.7 Å². The number of aryl methyl sites for hydroxylation is 1. The summed E-state index contributed by atoms with van der Waals surface area (Å²) in [6.07, 6.45) is 2.25. The zero-order chi connectivity index (χ0) is 29.0. The van der Waals surface area contributed by atoms with Crippen LogP contribution >= 0.6 is 0 Å². The molecule has 6 heteroatoms. The zero-order valence-electron chi connectivity index (χ0n) is 24.4. The molecule has 2 aromatic rings. The number of benzene rings is 1. The van der Waals surface area contributed by atoms with Gasteiger partial charge in [0.1, 0.15) is 5.58 Å². The molecule has 1 aromatic heterocycles. The van der Waals surface area contributed by atoms with Gasteiger partial charge in [-0.2, -0.15) is 13.2 Å². The molecule has 3 nitrogen and oxygen atoms in total. The minimum Gasteiger partial charge on any atom is -0.423 e. The smallest absolute Gasteiger partial charge is 0.415 e. The third-order valence-electron chi connectivity index (χ3n) is 6.21. The molecule has 1 heterocycles. The van der Waals surface area contributed by atoms with Crippen LogP contribution in [0.2, 0.25) is 0 Å². The number of fused-ring (bicyclic) bond motifs is 1. The summed E-state index contributed by atoms with van der Waals surface area (Å²) >= 11 is 0. The van der Waals surface area contributed by atoms with Crippen molar-refractivity contribution >= 4 is 11.0 Å². The van der Waals surface area contributed by atoms with Crippen LogP contribution in [0.15, 0.2) is 57.8 Å². The van der Waals surface area contributed by atoms with Crippen molar-refractivity contribution in [2.45, 2.75) is 94.4 Å². The molecule has 0 saturated heterocycles. The van der Waals surface area contributed by atoms with Crippen molar-refractivity contribution in [3.63, 3.8) is 0 Å². The van der Waals surface area contributed by atoms with Crippen molar-refractivity contribution in [1.29, 1.82) is 0 Å². The Morgan fingerprint density at radius 1 is 1.19 bits per heavy atom. The molecule has 0 spiro atoms. The van der Waals surface area contributed by atoms with Crippen molar-refractivity contribution in [2.75, 3.05) is 7.11 Å². The van der Waals surface area contributed by atoms with Gasteiger partial charge in [0.2, 0.25) is 0 Å². The molecule has 0 radical (unpaired) electrons. The van der Waals surface area contributed by atoms with Gasteiger partial charge < -0.3 is 9.15 Å². The van der Waals surface area contributed by atoms with Crippen LogP contribution in [-0.2, 0) is 11.3 Å². The van der Waals surface area contributed by atoms with Gasteiger partial charge in [0, 0.05) is 24.1 Å². The number of allylic oxidation sites excluding steroid dienone is 3. The summed E-state index contributed by atoms with van der Waals surface area (Å²) in [6.45, 7) is 22.6. The average molecular weight is 525 g/mol. The lowest BCUT2D eigenvalue weighted by Gasteiger charge is -2.28. The van der Waals surface area contributed by atoms with E-state index < -0.39 is 11.7 Å². The van der Waals surface area contributed by atoms with Crippen molar-refractivity contribution in [3.05, 3.63) is 70.1 Å². The normalized spacial score (nSPS) is 16.7. The number of rotatable bonds is 3. The van der Waals surface area contributed by atoms with Crippen LogP contribution in [0.4, 0.5) is 13.2 Å². The SMILES string of the molecule is C=C(/C=C/C)C(F)(F)F.CC.CC1(C)CCC(C(C)(C)C)C1.COCc1cc(=O)oc2cc(C)ccc12. The van der Waals surface area contributed by atoms with Gasteiger partial charge in [-0.3, -0.25) is 0 Å². The Balaban J connectivity index is 0.000000527. The van der Waals surface area contributed by atoms with E-state index in [1.165, 1.54) is 38.3 Å². The number of alkyl halides is 3. The molecule has 1 aromatic carbocycles. The molecule has 210 valence electrons. The third kappa shape index (κ3) is 12.6. The first kappa shape index (κ1) is 34.7. The Bertz CT molecular complexity index is 1050. The molecular formula is C31H47F3O3. The van der Waals surface area contributed by atoms with Crippen LogP contribution in [0.3, 0.4) is 0 Å². The minimum absolute atomic E-state index is 0.333. The summed E-state index contributed by atoms with van der Waals surface area (Å²) in [5, 5.41) is 0.932. The summed E-state index contributed by atoms with van der Waals surface area (Å²) in [5.74, 6) is 0.956. The monoisotopic (exact) mass is 524 g/mol. The van der Waals surface area contributed by atoms with Crippen molar-refractivity contribution in [3.8, 4) is 0 Å². The highest BCUT2D eigenvalue weighted by atomic mass is 19.4. The summed E-state index contributed by atoms with van der Waals surface area (Å²) < 4.78 is 44.6. The van der Waals surface area contributed by atoms with Crippen LogP contribution in [0.5, 0.6) is 0 Å². The Morgan fingerprint density at radius 3 is 2.16 bits per heavy atom. The fourth-order valence-corrected chi connectivity index (χ4v) is 4.08. The van der Waals surface area contributed by atoms with E-state index in [0.29, 0.717) is 23.0 Å². The number of methoxy groups -OCH3 is 1. The molecule has 1 fully saturated rings. The molecule has 3 rings (SSSR count). The second-order valence-corrected chi connectivity index (χ2v) is 11.0. The number of halogens is 3. The first-order valence-electron chi connectivity index (χ1n) is 12.9. The van der Waals surface area contributed by atoms with E-state index in [4.69, 9.17) is 9.15 Å². The van der Waals surface area contributed by atoms with Gasteiger partial charge in [0.25, 0.3) is 0 Å². The summed E-state index contributed by atoms with van der Waals surface area (Å²) in [5.41, 5.74) is 2.56. The van der Waals surface area contributed by atoms with Crippen LogP contribution in [0.1, 0.15) is 85.8 Å². The van der Waals surface area contributed by atoms with Crippen LogP contribution in [0.25, 0.3) is 11.0 Å². The molecule has 37 heavy (non-hydrogen) atoms. The maximum atomic E-state index is 11.5. The van der Waals surface area contributed by atoms with Gasteiger partial charge in [-0.1, -0.05) is 79.3 Å². The zero-order valence-corrected chi connectivity index (χ0v) is 24.4. The highest BCUT2D eigenvalue weighted by Gasteiger charge is 2.36. The Labute approximate surface area is 221 Å².